The molecular formula is C14H18N2O6. The highest BCUT2D eigenvalue weighted by molar-refractivity contribution is 5.85. The summed E-state index contributed by atoms with van der Waals surface area (Å²) in [5.41, 5.74) is 4.95. The second-order valence-electron chi connectivity index (χ2n) is 4.43. The van der Waals surface area contributed by atoms with E-state index in [-0.39, 0.29) is 19.4 Å². The largest absolute Gasteiger partial charge is 0.497 e. The third kappa shape index (κ3) is 6.12. The van der Waals surface area contributed by atoms with Crippen molar-refractivity contribution in [1.29, 1.82) is 0 Å². The number of nitrogens with two attached hydrogens (primary N) is 1. The molecule has 1 aromatic rings. The van der Waals surface area contributed by atoms with Gasteiger partial charge in [0.25, 0.3) is 5.91 Å². The van der Waals surface area contributed by atoms with Crippen molar-refractivity contribution < 1.29 is 29.0 Å². The Bertz CT molecular complexity index is 546. The van der Waals surface area contributed by atoms with E-state index >= 15 is 0 Å². The Kier molecular flexibility index (Phi) is 6.68. The molecule has 0 spiro atoms. The van der Waals surface area contributed by atoms with Crippen LogP contribution in [0.1, 0.15) is 12.8 Å². The highest BCUT2D eigenvalue weighted by Gasteiger charge is 2.20. The van der Waals surface area contributed by atoms with E-state index in [2.05, 4.69) is 5.32 Å². The summed E-state index contributed by atoms with van der Waals surface area (Å²) in [4.78, 5) is 33.3. The Morgan fingerprint density at radius 1 is 1.32 bits per heavy atom. The van der Waals surface area contributed by atoms with Gasteiger partial charge in [-0.1, -0.05) is 6.07 Å². The first-order valence-corrected chi connectivity index (χ1v) is 6.49. The van der Waals surface area contributed by atoms with Crippen LogP contribution in [0.3, 0.4) is 0 Å². The van der Waals surface area contributed by atoms with Crippen LogP contribution < -0.4 is 20.5 Å². The number of carboxylic acid groups (broad SMARTS) is 1. The van der Waals surface area contributed by atoms with Crippen LogP contribution in [-0.2, 0) is 14.4 Å². The van der Waals surface area contributed by atoms with Gasteiger partial charge in [0.15, 0.2) is 6.61 Å². The number of benzene rings is 1. The third-order valence-electron chi connectivity index (χ3n) is 2.72. The number of hydrogen-bond acceptors (Lipinski definition) is 5. The number of rotatable bonds is 9. The Morgan fingerprint density at radius 2 is 2.00 bits per heavy atom. The van der Waals surface area contributed by atoms with Crippen LogP contribution in [0.4, 0.5) is 0 Å². The molecule has 0 aliphatic carbocycles. The SMILES string of the molecule is COc1cccc(OCC(=O)NC(CCC(N)=O)C(=O)O)c1. The average molecular weight is 310 g/mol. The lowest BCUT2D eigenvalue weighted by Gasteiger charge is -2.14. The smallest absolute Gasteiger partial charge is 0.326 e. The number of amides is 2. The van der Waals surface area contributed by atoms with Gasteiger partial charge in [-0.15, -0.1) is 0 Å². The van der Waals surface area contributed by atoms with Crippen molar-refractivity contribution in [3.8, 4) is 11.5 Å². The van der Waals surface area contributed by atoms with Crippen LogP contribution in [0.5, 0.6) is 11.5 Å². The molecule has 120 valence electrons. The summed E-state index contributed by atoms with van der Waals surface area (Å²) >= 11 is 0. The van der Waals surface area contributed by atoms with Crippen molar-refractivity contribution in [2.75, 3.05) is 13.7 Å². The normalized spacial score (nSPS) is 11.3. The number of carbonyl (C=O) groups excluding carboxylic acids is 2. The fourth-order valence-electron chi connectivity index (χ4n) is 1.62. The molecule has 0 saturated heterocycles. The first kappa shape index (κ1) is 17.3. The Morgan fingerprint density at radius 3 is 2.59 bits per heavy atom. The maximum absolute atomic E-state index is 11.7. The van der Waals surface area contributed by atoms with E-state index in [1.165, 1.54) is 7.11 Å². The molecule has 1 atom stereocenters. The van der Waals surface area contributed by atoms with Gasteiger partial charge in [0.1, 0.15) is 17.5 Å². The minimum atomic E-state index is -1.24. The molecule has 8 heteroatoms. The molecule has 1 rings (SSSR count). The summed E-state index contributed by atoms with van der Waals surface area (Å²) in [6, 6.07) is 5.46. The molecule has 22 heavy (non-hydrogen) atoms. The molecule has 0 aromatic heterocycles. The number of ether oxygens (including phenoxy) is 2. The highest BCUT2D eigenvalue weighted by atomic mass is 16.5. The number of nitrogens with one attached hydrogen (secondary N) is 1. The number of carboxylic acids is 1. The molecule has 0 aliphatic heterocycles. The van der Waals surface area contributed by atoms with Crippen molar-refractivity contribution in [3.63, 3.8) is 0 Å². The Labute approximate surface area is 127 Å². The average Bonchev–Trinajstić information content (AvgIpc) is 2.49. The lowest BCUT2D eigenvalue weighted by Crippen LogP contribution is -2.43. The van der Waals surface area contributed by atoms with E-state index in [4.69, 9.17) is 20.3 Å². The standard InChI is InChI=1S/C14H18N2O6/c1-21-9-3-2-4-10(7-9)22-8-13(18)16-11(14(19)20)5-6-12(15)17/h2-4,7,11H,5-6,8H2,1H3,(H2,15,17)(H,16,18)(H,19,20). The number of carbonyl (C=O) groups is 3. The fraction of sp³-hybridized carbons (Fsp3) is 0.357. The third-order valence-corrected chi connectivity index (χ3v) is 2.72. The van der Waals surface area contributed by atoms with E-state index in [9.17, 15) is 14.4 Å². The van der Waals surface area contributed by atoms with E-state index in [0.29, 0.717) is 11.5 Å². The topological polar surface area (TPSA) is 128 Å². The van der Waals surface area contributed by atoms with Gasteiger partial charge in [-0.05, 0) is 18.6 Å². The van der Waals surface area contributed by atoms with Gasteiger partial charge >= 0.3 is 5.97 Å². The number of primary amides is 1. The molecule has 0 radical (unpaired) electrons. The Balaban J connectivity index is 2.49. The van der Waals surface area contributed by atoms with Crippen molar-refractivity contribution in [2.24, 2.45) is 5.73 Å². The lowest BCUT2D eigenvalue weighted by molar-refractivity contribution is -0.142. The minimum absolute atomic E-state index is 0.0738. The van der Waals surface area contributed by atoms with Gasteiger partial charge in [0.2, 0.25) is 5.91 Å². The molecular weight excluding hydrogens is 292 g/mol. The van der Waals surface area contributed by atoms with Crippen molar-refractivity contribution >= 4 is 17.8 Å². The molecule has 0 heterocycles. The zero-order valence-corrected chi connectivity index (χ0v) is 12.1. The van der Waals surface area contributed by atoms with Crippen LogP contribution in [-0.4, -0.2) is 42.6 Å². The monoisotopic (exact) mass is 310 g/mol. The molecule has 0 bridgehead atoms. The summed E-state index contributed by atoms with van der Waals surface area (Å²) < 4.78 is 10.2. The summed E-state index contributed by atoms with van der Waals surface area (Å²) in [5, 5.41) is 11.2. The van der Waals surface area contributed by atoms with Crippen molar-refractivity contribution in [2.45, 2.75) is 18.9 Å². The minimum Gasteiger partial charge on any atom is -0.497 e. The van der Waals surface area contributed by atoms with E-state index in [0.717, 1.165) is 0 Å². The maximum Gasteiger partial charge on any atom is 0.326 e. The molecule has 1 unspecified atom stereocenters. The predicted octanol–water partition coefficient (Wildman–Crippen LogP) is -0.0911. The molecule has 0 fully saturated rings. The van der Waals surface area contributed by atoms with Crippen LogP contribution >= 0.6 is 0 Å². The second kappa shape index (κ2) is 8.50. The summed E-state index contributed by atoms with van der Waals surface area (Å²) in [7, 11) is 1.50. The molecule has 0 saturated carbocycles. The fourth-order valence-corrected chi connectivity index (χ4v) is 1.62. The van der Waals surface area contributed by atoms with Gasteiger partial charge in [-0.2, -0.15) is 0 Å². The molecule has 4 N–H and O–H groups in total. The molecule has 2 amide bonds. The highest BCUT2D eigenvalue weighted by Crippen LogP contribution is 2.18. The summed E-state index contributed by atoms with van der Waals surface area (Å²) in [6.07, 6.45) is -0.205. The Hall–Kier alpha value is -2.77. The summed E-state index contributed by atoms with van der Waals surface area (Å²) in [6.45, 7) is -0.354. The predicted molar refractivity (Wildman–Crippen MR) is 76.5 cm³/mol. The van der Waals surface area contributed by atoms with Crippen LogP contribution in [0.2, 0.25) is 0 Å². The zero-order chi connectivity index (χ0) is 16.5. The van der Waals surface area contributed by atoms with Crippen LogP contribution in [0.25, 0.3) is 0 Å². The van der Waals surface area contributed by atoms with Crippen LogP contribution in [0, 0.1) is 0 Å². The van der Waals surface area contributed by atoms with Crippen molar-refractivity contribution in [1.82, 2.24) is 5.32 Å². The van der Waals surface area contributed by atoms with Crippen molar-refractivity contribution in [3.05, 3.63) is 24.3 Å². The quantitative estimate of drug-likeness (QED) is 0.585. The van der Waals surface area contributed by atoms with Gasteiger partial charge in [-0.25, -0.2) is 4.79 Å². The summed E-state index contributed by atoms with van der Waals surface area (Å²) in [5.74, 6) is -1.50. The molecule has 0 aliphatic rings. The number of aliphatic carboxylic acids is 1. The zero-order valence-electron chi connectivity index (χ0n) is 12.1. The van der Waals surface area contributed by atoms with Gasteiger partial charge in [0.05, 0.1) is 7.11 Å². The first-order chi connectivity index (χ1) is 10.4. The first-order valence-electron chi connectivity index (χ1n) is 6.49. The van der Waals surface area contributed by atoms with Gasteiger partial charge in [-0.3, -0.25) is 9.59 Å². The van der Waals surface area contributed by atoms with Gasteiger partial charge in [0, 0.05) is 12.5 Å². The van der Waals surface area contributed by atoms with Gasteiger partial charge < -0.3 is 25.6 Å². The molecule has 8 nitrogen and oxygen atoms in total. The second-order valence-corrected chi connectivity index (χ2v) is 4.43. The lowest BCUT2D eigenvalue weighted by atomic mass is 10.1. The molecule has 1 aromatic carbocycles. The van der Waals surface area contributed by atoms with E-state index < -0.39 is 23.8 Å². The maximum atomic E-state index is 11.7. The van der Waals surface area contributed by atoms with Crippen LogP contribution in [0.15, 0.2) is 24.3 Å². The number of methoxy groups -OCH3 is 1. The van der Waals surface area contributed by atoms with E-state index in [1.54, 1.807) is 24.3 Å². The number of hydrogen-bond donors (Lipinski definition) is 3. The van der Waals surface area contributed by atoms with E-state index in [1.807, 2.05) is 0 Å².